The van der Waals surface area contributed by atoms with Gasteiger partial charge >= 0.3 is 0 Å². The van der Waals surface area contributed by atoms with E-state index in [1.54, 1.807) is 6.08 Å². The molecule has 4 rings (SSSR count). The number of hydrogen-bond donors (Lipinski definition) is 3. The molecule has 3 heteroatoms. The van der Waals surface area contributed by atoms with Crippen LogP contribution in [0.25, 0.3) is 27.6 Å². The predicted molar refractivity (Wildman–Crippen MR) is 92.1 cm³/mol. The van der Waals surface area contributed by atoms with E-state index in [1.165, 1.54) is 0 Å². The number of aryl methyl sites for hydroxylation is 1. The van der Waals surface area contributed by atoms with Crippen molar-refractivity contribution in [2.24, 2.45) is 0 Å². The summed E-state index contributed by atoms with van der Waals surface area (Å²) < 4.78 is 0. The third-order valence-electron chi connectivity index (χ3n) is 4.90. The van der Waals surface area contributed by atoms with Crippen molar-refractivity contribution < 1.29 is 15.3 Å². The quantitative estimate of drug-likeness (QED) is 0.605. The normalized spacial score (nSPS) is 20.2. The van der Waals surface area contributed by atoms with Crippen molar-refractivity contribution in [1.29, 1.82) is 0 Å². The maximum atomic E-state index is 10.3. The van der Waals surface area contributed by atoms with Crippen LogP contribution in [0.1, 0.15) is 28.4 Å². The number of fused-ring (bicyclic) bond motifs is 4. The van der Waals surface area contributed by atoms with Crippen LogP contribution in [0.3, 0.4) is 0 Å². The topological polar surface area (TPSA) is 60.7 Å². The first-order valence-corrected chi connectivity index (χ1v) is 7.75. The van der Waals surface area contributed by atoms with Crippen molar-refractivity contribution in [3.8, 4) is 0 Å². The maximum absolute atomic E-state index is 10.3. The first-order chi connectivity index (χ1) is 11.1. The zero-order valence-corrected chi connectivity index (χ0v) is 12.8. The molecular formula is C20H18O3. The van der Waals surface area contributed by atoms with E-state index in [4.69, 9.17) is 0 Å². The molecule has 0 bridgehead atoms. The highest BCUT2D eigenvalue weighted by atomic mass is 16.3. The zero-order valence-electron chi connectivity index (χ0n) is 12.8. The summed E-state index contributed by atoms with van der Waals surface area (Å²) in [7, 11) is 0. The van der Waals surface area contributed by atoms with Gasteiger partial charge in [-0.3, -0.25) is 0 Å². The standard InChI is InChI=1S/C20H18O3/c1-11-12-4-2-3-5-13(12)17(10-21)15-6-7-16-14(19(11)15)8-9-18(22)20(16)23/h2-9,18,20-23H,10H2,1H3. The number of benzene rings is 3. The van der Waals surface area contributed by atoms with Gasteiger partial charge < -0.3 is 15.3 Å². The lowest BCUT2D eigenvalue weighted by atomic mass is 9.84. The average Bonchev–Trinajstić information content (AvgIpc) is 2.58. The molecule has 0 heterocycles. The van der Waals surface area contributed by atoms with Crippen molar-refractivity contribution >= 4 is 27.6 Å². The van der Waals surface area contributed by atoms with Crippen molar-refractivity contribution in [3.05, 3.63) is 64.7 Å². The van der Waals surface area contributed by atoms with Crippen LogP contribution in [-0.2, 0) is 6.61 Å². The summed E-state index contributed by atoms with van der Waals surface area (Å²) in [6.07, 6.45) is 1.71. The lowest BCUT2D eigenvalue weighted by Gasteiger charge is -2.25. The smallest absolute Gasteiger partial charge is 0.109 e. The Morgan fingerprint density at radius 2 is 1.70 bits per heavy atom. The van der Waals surface area contributed by atoms with Crippen LogP contribution < -0.4 is 0 Å². The molecule has 23 heavy (non-hydrogen) atoms. The molecular weight excluding hydrogens is 288 g/mol. The Morgan fingerprint density at radius 1 is 0.957 bits per heavy atom. The number of rotatable bonds is 1. The summed E-state index contributed by atoms with van der Waals surface area (Å²) in [4.78, 5) is 0. The second kappa shape index (κ2) is 5.17. The van der Waals surface area contributed by atoms with Gasteiger partial charge in [0.15, 0.2) is 0 Å². The van der Waals surface area contributed by atoms with Gasteiger partial charge in [0.1, 0.15) is 12.2 Å². The maximum Gasteiger partial charge on any atom is 0.109 e. The van der Waals surface area contributed by atoms with E-state index in [2.05, 4.69) is 13.0 Å². The molecule has 0 spiro atoms. The van der Waals surface area contributed by atoms with Crippen LogP contribution in [0.2, 0.25) is 0 Å². The molecule has 1 aliphatic rings. The highest BCUT2D eigenvalue weighted by Gasteiger charge is 2.25. The molecule has 2 atom stereocenters. The molecule has 0 fully saturated rings. The first kappa shape index (κ1) is 14.4. The van der Waals surface area contributed by atoms with E-state index in [0.29, 0.717) is 0 Å². The molecule has 0 amide bonds. The monoisotopic (exact) mass is 306 g/mol. The van der Waals surface area contributed by atoms with Gasteiger partial charge in [0.25, 0.3) is 0 Å². The van der Waals surface area contributed by atoms with Gasteiger partial charge in [0.2, 0.25) is 0 Å². The molecule has 3 aromatic carbocycles. The van der Waals surface area contributed by atoms with Crippen LogP contribution in [0, 0.1) is 6.92 Å². The summed E-state index contributed by atoms with van der Waals surface area (Å²) in [5.74, 6) is 0. The van der Waals surface area contributed by atoms with Gasteiger partial charge in [0, 0.05) is 0 Å². The molecule has 0 radical (unpaired) electrons. The van der Waals surface area contributed by atoms with Gasteiger partial charge in [0.05, 0.1) is 6.61 Å². The molecule has 116 valence electrons. The lowest BCUT2D eigenvalue weighted by Crippen LogP contribution is -2.19. The molecule has 3 N–H and O–H groups in total. The number of hydrogen-bond acceptors (Lipinski definition) is 3. The van der Waals surface area contributed by atoms with Crippen molar-refractivity contribution in [1.82, 2.24) is 0 Å². The Balaban J connectivity index is 2.22. The highest BCUT2D eigenvalue weighted by Crippen LogP contribution is 2.39. The Labute approximate surface area is 134 Å². The minimum Gasteiger partial charge on any atom is -0.392 e. The Morgan fingerprint density at radius 3 is 2.43 bits per heavy atom. The minimum atomic E-state index is -0.914. The average molecular weight is 306 g/mol. The van der Waals surface area contributed by atoms with Crippen LogP contribution in [-0.4, -0.2) is 21.4 Å². The molecule has 0 saturated carbocycles. The molecule has 0 aliphatic heterocycles. The fourth-order valence-corrected chi connectivity index (χ4v) is 3.74. The minimum absolute atomic E-state index is 0.0367. The summed E-state index contributed by atoms with van der Waals surface area (Å²) >= 11 is 0. The predicted octanol–water partition coefficient (Wildman–Crippen LogP) is 3.21. The summed E-state index contributed by atoms with van der Waals surface area (Å²) in [6, 6.07) is 11.8. The molecule has 2 unspecified atom stereocenters. The molecule has 3 nitrogen and oxygen atoms in total. The van der Waals surface area contributed by atoms with E-state index in [-0.39, 0.29) is 6.61 Å². The largest absolute Gasteiger partial charge is 0.392 e. The molecule has 1 aliphatic carbocycles. The van der Waals surface area contributed by atoms with Crippen LogP contribution >= 0.6 is 0 Å². The SMILES string of the molecule is Cc1c2ccccc2c(CO)c2ccc3c(c12)C=CC(O)C3O. The van der Waals surface area contributed by atoms with Crippen LogP contribution in [0.15, 0.2) is 42.5 Å². The van der Waals surface area contributed by atoms with Gasteiger partial charge in [-0.05, 0) is 50.7 Å². The van der Waals surface area contributed by atoms with E-state index in [1.807, 2.05) is 36.4 Å². The fraction of sp³-hybridized carbons (Fsp3) is 0.200. The van der Waals surface area contributed by atoms with Crippen molar-refractivity contribution in [2.75, 3.05) is 0 Å². The Hall–Kier alpha value is -2.20. The Kier molecular flexibility index (Phi) is 3.23. The summed E-state index contributed by atoms with van der Waals surface area (Å²) in [5, 5.41) is 34.2. The van der Waals surface area contributed by atoms with E-state index in [0.717, 1.165) is 43.8 Å². The highest BCUT2D eigenvalue weighted by molar-refractivity contribution is 6.09. The van der Waals surface area contributed by atoms with Crippen LogP contribution in [0.5, 0.6) is 0 Å². The zero-order chi connectivity index (χ0) is 16.1. The fourth-order valence-electron chi connectivity index (χ4n) is 3.74. The lowest BCUT2D eigenvalue weighted by molar-refractivity contribution is 0.0471. The third-order valence-corrected chi connectivity index (χ3v) is 4.90. The number of aliphatic hydroxyl groups is 3. The summed E-state index contributed by atoms with van der Waals surface area (Å²) in [5.41, 5.74) is 3.68. The van der Waals surface area contributed by atoms with Gasteiger partial charge in [-0.25, -0.2) is 0 Å². The second-order valence-corrected chi connectivity index (χ2v) is 6.09. The van der Waals surface area contributed by atoms with Gasteiger partial charge in [-0.15, -0.1) is 0 Å². The first-order valence-electron chi connectivity index (χ1n) is 7.75. The molecule has 3 aromatic rings. The van der Waals surface area contributed by atoms with E-state index >= 15 is 0 Å². The molecule has 0 saturated heterocycles. The second-order valence-electron chi connectivity index (χ2n) is 6.09. The van der Waals surface area contributed by atoms with E-state index < -0.39 is 12.2 Å². The molecule has 0 aromatic heterocycles. The number of aliphatic hydroxyl groups excluding tert-OH is 3. The third kappa shape index (κ3) is 1.94. The Bertz CT molecular complexity index is 956. The van der Waals surface area contributed by atoms with Crippen LogP contribution in [0.4, 0.5) is 0 Å². The van der Waals surface area contributed by atoms with Gasteiger partial charge in [-0.2, -0.15) is 0 Å². The van der Waals surface area contributed by atoms with E-state index in [9.17, 15) is 15.3 Å². The van der Waals surface area contributed by atoms with Gasteiger partial charge in [-0.1, -0.05) is 48.6 Å². The van der Waals surface area contributed by atoms with Crippen molar-refractivity contribution in [3.63, 3.8) is 0 Å². The van der Waals surface area contributed by atoms with Crippen molar-refractivity contribution in [2.45, 2.75) is 25.7 Å². The summed E-state index contributed by atoms with van der Waals surface area (Å²) in [6.45, 7) is 2.03.